The van der Waals surface area contributed by atoms with E-state index >= 15 is 0 Å². The molecule has 0 aliphatic rings. The highest BCUT2D eigenvalue weighted by Gasteiger charge is 2.19. The summed E-state index contributed by atoms with van der Waals surface area (Å²) in [5, 5.41) is 0. The Labute approximate surface area is 107 Å². The van der Waals surface area contributed by atoms with Crippen LogP contribution in [0.5, 0.6) is 0 Å². The fourth-order valence-electron chi connectivity index (χ4n) is 2.21. The Bertz CT molecular complexity index is 487. The zero-order chi connectivity index (χ0) is 12.4. The van der Waals surface area contributed by atoms with Crippen LogP contribution in [-0.4, -0.2) is 0 Å². The van der Waals surface area contributed by atoms with Crippen LogP contribution in [0.4, 0.5) is 0 Å². The Hall–Kier alpha value is -1.12. The molecule has 90 valence electrons. The van der Waals surface area contributed by atoms with Gasteiger partial charge in [-0.25, -0.2) is 0 Å². The van der Waals surface area contributed by atoms with E-state index in [9.17, 15) is 0 Å². The van der Waals surface area contributed by atoms with E-state index in [1.165, 1.54) is 20.9 Å². The van der Waals surface area contributed by atoms with Crippen molar-refractivity contribution in [2.75, 3.05) is 0 Å². The summed E-state index contributed by atoms with van der Waals surface area (Å²) in [6, 6.07) is 12.8. The van der Waals surface area contributed by atoms with Gasteiger partial charge in [-0.3, -0.25) is 0 Å². The first-order chi connectivity index (χ1) is 8.09. The highest BCUT2D eigenvalue weighted by molar-refractivity contribution is 7.12. The van der Waals surface area contributed by atoms with Crippen molar-refractivity contribution in [3.63, 3.8) is 0 Å². The molecule has 0 saturated heterocycles. The highest BCUT2D eigenvalue weighted by atomic mass is 32.1. The van der Waals surface area contributed by atoms with Gasteiger partial charge in [0.05, 0.1) is 0 Å². The van der Waals surface area contributed by atoms with Crippen LogP contribution in [0.3, 0.4) is 0 Å². The van der Waals surface area contributed by atoms with Crippen molar-refractivity contribution in [1.82, 2.24) is 0 Å². The van der Waals surface area contributed by atoms with Gasteiger partial charge < -0.3 is 5.73 Å². The molecule has 0 aliphatic carbocycles. The topological polar surface area (TPSA) is 26.0 Å². The predicted molar refractivity (Wildman–Crippen MR) is 75.6 cm³/mol. The normalized spacial score (nSPS) is 14.6. The van der Waals surface area contributed by atoms with Crippen LogP contribution in [0.1, 0.15) is 39.8 Å². The van der Waals surface area contributed by atoms with Crippen molar-refractivity contribution in [3.05, 3.63) is 57.3 Å². The van der Waals surface area contributed by atoms with Gasteiger partial charge in [-0.15, -0.1) is 11.3 Å². The molecule has 2 unspecified atom stereocenters. The number of hydrogen-bond acceptors (Lipinski definition) is 2. The molecule has 0 spiro atoms. The zero-order valence-corrected chi connectivity index (χ0v) is 11.4. The second-order valence-electron chi connectivity index (χ2n) is 4.59. The van der Waals surface area contributed by atoms with Gasteiger partial charge in [0.1, 0.15) is 0 Å². The molecule has 1 aromatic carbocycles. The van der Waals surface area contributed by atoms with E-state index in [2.05, 4.69) is 51.1 Å². The van der Waals surface area contributed by atoms with Crippen molar-refractivity contribution in [2.45, 2.75) is 32.7 Å². The van der Waals surface area contributed by atoms with Crippen molar-refractivity contribution >= 4 is 11.3 Å². The lowest BCUT2D eigenvalue weighted by Crippen LogP contribution is -2.17. The minimum atomic E-state index is 0.0855. The second-order valence-corrected chi connectivity index (χ2v) is 6.05. The molecule has 1 heterocycles. The van der Waals surface area contributed by atoms with E-state index in [-0.39, 0.29) is 6.04 Å². The van der Waals surface area contributed by atoms with Gasteiger partial charge in [0.2, 0.25) is 0 Å². The smallest absolute Gasteiger partial charge is 0.0372 e. The standard InChI is InChI=1S/C15H19NS/c1-10-9-14(12(3)17-10)15(16)11(2)13-7-5-4-6-8-13/h4-9,11,15H,16H2,1-3H3. The highest BCUT2D eigenvalue weighted by Crippen LogP contribution is 2.33. The Morgan fingerprint density at radius 2 is 1.76 bits per heavy atom. The van der Waals surface area contributed by atoms with Gasteiger partial charge in [0, 0.05) is 21.7 Å². The van der Waals surface area contributed by atoms with Gasteiger partial charge in [0.25, 0.3) is 0 Å². The third-order valence-corrected chi connectivity index (χ3v) is 4.28. The zero-order valence-electron chi connectivity index (χ0n) is 10.6. The van der Waals surface area contributed by atoms with E-state index in [1.807, 2.05) is 17.4 Å². The fourth-order valence-corrected chi connectivity index (χ4v) is 3.20. The number of hydrogen-bond donors (Lipinski definition) is 1. The molecule has 2 heteroatoms. The maximum atomic E-state index is 6.39. The summed E-state index contributed by atoms with van der Waals surface area (Å²) in [4.78, 5) is 2.69. The molecule has 2 N–H and O–H groups in total. The molecule has 0 radical (unpaired) electrons. The monoisotopic (exact) mass is 245 g/mol. The summed E-state index contributed by atoms with van der Waals surface area (Å²) in [7, 11) is 0. The number of thiophene rings is 1. The fraction of sp³-hybridized carbons (Fsp3) is 0.333. The summed E-state index contributed by atoms with van der Waals surface area (Å²) < 4.78 is 0. The maximum absolute atomic E-state index is 6.39. The number of rotatable bonds is 3. The molecule has 2 aromatic rings. The second kappa shape index (κ2) is 5.03. The lowest BCUT2D eigenvalue weighted by Gasteiger charge is -2.20. The first-order valence-corrected chi connectivity index (χ1v) is 6.78. The minimum Gasteiger partial charge on any atom is -0.323 e. The minimum absolute atomic E-state index is 0.0855. The molecule has 0 aliphatic heterocycles. The summed E-state index contributed by atoms with van der Waals surface area (Å²) in [5.74, 6) is 0.351. The largest absolute Gasteiger partial charge is 0.323 e. The average Bonchev–Trinajstić information content (AvgIpc) is 2.68. The van der Waals surface area contributed by atoms with Gasteiger partial charge in [0.15, 0.2) is 0 Å². The van der Waals surface area contributed by atoms with Gasteiger partial charge in [-0.2, -0.15) is 0 Å². The van der Waals surface area contributed by atoms with Crippen LogP contribution < -0.4 is 5.73 Å². The molecule has 0 amide bonds. The third kappa shape index (κ3) is 2.59. The van der Waals surface area contributed by atoms with Crippen molar-refractivity contribution in [3.8, 4) is 0 Å². The predicted octanol–water partition coefficient (Wildman–Crippen LogP) is 4.17. The van der Waals surface area contributed by atoms with E-state index in [0.29, 0.717) is 5.92 Å². The molecule has 0 fully saturated rings. The summed E-state index contributed by atoms with van der Waals surface area (Å²) in [5.41, 5.74) is 9.00. The Kier molecular flexibility index (Phi) is 3.65. The number of nitrogens with two attached hydrogens (primary N) is 1. The molecule has 2 rings (SSSR count). The van der Waals surface area contributed by atoms with Crippen LogP contribution in [0.15, 0.2) is 36.4 Å². The summed E-state index contributed by atoms with van der Waals surface area (Å²) >= 11 is 1.83. The van der Waals surface area contributed by atoms with Crippen molar-refractivity contribution < 1.29 is 0 Å². The first-order valence-electron chi connectivity index (χ1n) is 5.97. The third-order valence-electron chi connectivity index (χ3n) is 3.30. The van der Waals surface area contributed by atoms with Crippen LogP contribution in [-0.2, 0) is 0 Å². The molecule has 1 nitrogen and oxygen atoms in total. The maximum Gasteiger partial charge on any atom is 0.0372 e. The Morgan fingerprint density at radius 1 is 1.12 bits per heavy atom. The van der Waals surface area contributed by atoms with Gasteiger partial charge in [-0.05, 0) is 31.0 Å². The van der Waals surface area contributed by atoms with E-state index in [1.54, 1.807) is 0 Å². The SMILES string of the molecule is Cc1cc(C(N)C(C)c2ccccc2)c(C)s1. The quantitative estimate of drug-likeness (QED) is 0.863. The van der Waals surface area contributed by atoms with Gasteiger partial charge in [-0.1, -0.05) is 37.3 Å². The number of aryl methyl sites for hydroxylation is 2. The molecule has 2 atom stereocenters. The molecular formula is C15H19NS. The first kappa shape index (κ1) is 12.3. The number of benzene rings is 1. The van der Waals surface area contributed by atoms with Crippen LogP contribution in [0, 0.1) is 13.8 Å². The average molecular weight is 245 g/mol. The Balaban J connectivity index is 2.26. The molecule has 17 heavy (non-hydrogen) atoms. The summed E-state index contributed by atoms with van der Waals surface area (Å²) in [6.07, 6.45) is 0. The van der Waals surface area contributed by atoms with Crippen LogP contribution in [0.2, 0.25) is 0 Å². The summed E-state index contributed by atoms with van der Waals surface area (Å²) in [6.45, 7) is 6.50. The molecule has 1 aromatic heterocycles. The lowest BCUT2D eigenvalue weighted by molar-refractivity contribution is 0.597. The van der Waals surface area contributed by atoms with E-state index in [4.69, 9.17) is 5.73 Å². The molecular weight excluding hydrogens is 226 g/mol. The van der Waals surface area contributed by atoms with Crippen LogP contribution in [0.25, 0.3) is 0 Å². The lowest BCUT2D eigenvalue weighted by atomic mass is 9.89. The van der Waals surface area contributed by atoms with Crippen LogP contribution >= 0.6 is 11.3 Å². The van der Waals surface area contributed by atoms with E-state index in [0.717, 1.165) is 0 Å². The Morgan fingerprint density at radius 3 is 2.29 bits per heavy atom. The van der Waals surface area contributed by atoms with Crippen molar-refractivity contribution in [1.29, 1.82) is 0 Å². The molecule has 0 saturated carbocycles. The van der Waals surface area contributed by atoms with Crippen molar-refractivity contribution in [2.24, 2.45) is 5.73 Å². The molecule has 0 bridgehead atoms. The van der Waals surface area contributed by atoms with Gasteiger partial charge >= 0.3 is 0 Å². The van der Waals surface area contributed by atoms with E-state index < -0.39 is 0 Å².